The zero-order valence-corrected chi connectivity index (χ0v) is 21.6. The van der Waals surface area contributed by atoms with Gasteiger partial charge in [0.15, 0.2) is 0 Å². The van der Waals surface area contributed by atoms with Crippen LogP contribution in [0.25, 0.3) is 10.9 Å². The molecule has 0 radical (unpaired) electrons. The van der Waals surface area contributed by atoms with Crippen molar-refractivity contribution in [1.29, 1.82) is 0 Å². The number of nitrogens with zero attached hydrogens (tertiary/aromatic N) is 3. The van der Waals surface area contributed by atoms with E-state index in [1.54, 1.807) is 17.9 Å². The lowest BCUT2D eigenvalue weighted by Crippen LogP contribution is -2.48. The smallest absolute Gasteiger partial charge is 0.377 e. The van der Waals surface area contributed by atoms with E-state index in [9.17, 15) is 22.8 Å². The summed E-state index contributed by atoms with van der Waals surface area (Å²) in [6.45, 7) is 7.90. The minimum absolute atomic E-state index is 0.00974. The molecule has 202 valence electrons. The van der Waals surface area contributed by atoms with Crippen molar-refractivity contribution >= 4 is 22.5 Å². The van der Waals surface area contributed by atoms with E-state index >= 15 is 0 Å². The van der Waals surface area contributed by atoms with Gasteiger partial charge in [-0.25, -0.2) is 9.97 Å². The largest absolute Gasteiger partial charge is 0.416 e. The number of aromatic nitrogens is 3. The standard InChI is InChI=1S/C27H30F3N5O3/c1-13-11-35(12-14(2)38-13)26(37)23-8-19(17-5-6-17)24(10-31-23)32-15(3)18-7-20-22(9-21(18)27(28,29)30)33-16(4)34-25(20)36/h7-10,13-15,17,32H,5-6,11-12H2,1-4H3,(H,33,34,36)/t13-,14+,15-/m0/s1. The third-order valence-corrected chi connectivity index (χ3v) is 7.02. The first-order valence-electron chi connectivity index (χ1n) is 12.7. The first kappa shape index (κ1) is 26.1. The number of amides is 1. The van der Waals surface area contributed by atoms with E-state index in [0.717, 1.165) is 24.5 Å². The number of aryl methyl sites for hydroxylation is 1. The lowest BCUT2D eigenvalue weighted by molar-refractivity contribution is -0.138. The molecule has 2 N–H and O–H groups in total. The highest BCUT2D eigenvalue weighted by molar-refractivity contribution is 5.93. The number of benzene rings is 1. The zero-order valence-electron chi connectivity index (χ0n) is 21.6. The fraction of sp³-hybridized carbons (Fsp3) is 0.481. The van der Waals surface area contributed by atoms with E-state index in [-0.39, 0.29) is 46.3 Å². The predicted molar refractivity (Wildman–Crippen MR) is 136 cm³/mol. The second kappa shape index (κ2) is 9.68. The van der Waals surface area contributed by atoms with Crippen molar-refractivity contribution in [3.05, 3.63) is 63.0 Å². The van der Waals surface area contributed by atoms with Crippen LogP contribution in [0.3, 0.4) is 0 Å². The van der Waals surface area contributed by atoms with Crippen molar-refractivity contribution in [2.45, 2.75) is 70.9 Å². The van der Waals surface area contributed by atoms with Crippen LogP contribution in [0.4, 0.5) is 18.9 Å². The number of alkyl halides is 3. The highest BCUT2D eigenvalue weighted by Gasteiger charge is 2.36. The molecule has 1 aliphatic heterocycles. The van der Waals surface area contributed by atoms with E-state index in [2.05, 4.69) is 20.3 Å². The summed E-state index contributed by atoms with van der Waals surface area (Å²) in [7, 11) is 0. The highest BCUT2D eigenvalue weighted by atomic mass is 19.4. The van der Waals surface area contributed by atoms with Gasteiger partial charge < -0.3 is 19.9 Å². The molecule has 5 rings (SSSR count). The van der Waals surface area contributed by atoms with Gasteiger partial charge in [-0.2, -0.15) is 13.2 Å². The molecule has 8 nitrogen and oxygen atoms in total. The summed E-state index contributed by atoms with van der Waals surface area (Å²) in [5, 5.41) is 3.26. The van der Waals surface area contributed by atoms with Gasteiger partial charge in [-0.15, -0.1) is 0 Å². The number of ether oxygens (including phenoxy) is 1. The Bertz CT molecular complexity index is 1440. The summed E-state index contributed by atoms with van der Waals surface area (Å²) in [6, 6.07) is 3.13. The van der Waals surface area contributed by atoms with Crippen molar-refractivity contribution in [3.8, 4) is 0 Å². The Hall–Kier alpha value is -3.47. The van der Waals surface area contributed by atoms with Crippen molar-refractivity contribution in [1.82, 2.24) is 19.9 Å². The molecule has 3 atom stereocenters. The maximum absolute atomic E-state index is 14.1. The number of nitrogens with one attached hydrogen (secondary N) is 2. The summed E-state index contributed by atoms with van der Waals surface area (Å²) in [5.41, 5.74) is 0.304. The Labute approximate surface area is 217 Å². The molecule has 0 spiro atoms. The number of fused-ring (bicyclic) bond motifs is 1. The lowest BCUT2D eigenvalue weighted by Gasteiger charge is -2.35. The van der Waals surface area contributed by atoms with Gasteiger partial charge in [-0.3, -0.25) is 9.59 Å². The molecule has 1 amide bonds. The number of pyridine rings is 1. The minimum atomic E-state index is -4.64. The number of halogens is 3. The quantitative estimate of drug-likeness (QED) is 0.486. The number of carbonyl (C=O) groups excluding carboxylic acids is 1. The monoisotopic (exact) mass is 529 g/mol. The number of hydrogen-bond donors (Lipinski definition) is 2. The van der Waals surface area contributed by atoms with Crippen LogP contribution < -0.4 is 10.9 Å². The molecule has 1 saturated carbocycles. The average Bonchev–Trinajstić information content (AvgIpc) is 3.67. The number of anilines is 1. The van der Waals surface area contributed by atoms with Crippen molar-refractivity contribution in [3.63, 3.8) is 0 Å². The highest BCUT2D eigenvalue weighted by Crippen LogP contribution is 2.45. The molecule has 3 heterocycles. The number of carbonyl (C=O) groups is 1. The summed E-state index contributed by atoms with van der Waals surface area (Å²) >= 11 is 0. The molecule has 2 aromatic heterocycles. The fourth-order valence-electron chi connectivity index (χ4n) is 5.18. The Morgan fingerprint density at radius 2 is 1.87 bits per heavy atom. The predicted octanol–water partition coefficient (Wildman–Crippen LogP) is 4.95. The molecule has 11 heteroatoms. The van der Waals surface area contributed by atoms with Crippen LogP contribution in [0.15, 0.2) is 29.2 Å². The van der Waals surface area contributed by atoms with Crippen LogP contribution in [0.1, 0.15) is 78.6 Å². The number of rotatable bonds is 5. The van der Waals surface area contributed by atoms with Gasteiger partial charge in [0.05, 0.1) is 40.6 Å². The summed E-state index contributed by atoms with van der Waals surface area (Å²) < 4.78 is 47.9. The summed E-state index contributed by atoms with van der Waals surface area (Å²) in [6.07, 6.45) is -1.42. The van der Waals surface area contributed by atoms with Crippen LogP contribution in [0.5, 0.6) is 0 Å². The molecule has 0 unspecified atom stereocenters. The van der Waals surface area contributed by atoms with Crippen LogP contribution in [-0.4, -0.2) is 51.1 Å². The molecule has 1 aromatic carbocycles. The Morgan fingerprint density at radius 1 is 1.18 bits per heavy atom. The van der Waals surface area contributed by atoms with Crippen molar-refractivity contribution in [2.75, 3.05) is 18.4 Å². The van der Waals surface area contributed by atoms with Gasteiger partial charge >= 0.3 is 6.18 Å². The average molecular weight is 530 g/mol. The Balaban J connectivity index is 1.48. The topological polar surface area (TPSA) is 100 Å². The molecule has 2 aliphatic rings. The second-order valence-corrected chi connectivity index (χ2v) is 10.4. The Kier molecular flexibility index (Phi) is 6.66. The molecule has 0 bridgehead atoms. The summed E-state index contributed by atoms with van der Waals surface area (Å²) in [4.78, 5) is 38.4. The number of hydrogen-bond acceptors (Lipinski definition) is 6. The first-order chi connectivity index (χ1) is 17.9. The SMILES string of the molecule is Cc1nc2cc(C(F)(F)F)c([C@H](C)Nc3cnc(C(=O)N4C[C@@H](C)O[C@@H](C)C4)cc3C3CC3)cc2c(=O)[nH]1. The molecule has 1 saturated heterocycles. The van der Waals surface area contributed by atoms with E-state index in [1.807, 2.05) is 13.8 Å². The van der Waals surface area contributed by atoms with Gasteiger partial charge in [-0.1, -0.05) is 0 Å². The molecule has 3 aromatic rings. The summed E-state index contributed by atoms with van der Waals surface area (Å²) in [5.74, 6) is 0.255. The molecule has 2 fully saturated rings. The maximum Gasteiger partial charge on any atom is 0.416 e. The molecule has 1 aliphatic carbocycles. The van der Waals surface area contributed by atoms with Crippen LogP contribution in [-0.2, 0) is 10.9 Å². The van der Waals surface area contributed by atoms with E-state index in [1.165, 1.54) is 19.2 Å². The maximum atomic E-state index is 14.1. The number of H-pyrrole nitrogens is 1. The van der Waals surface area contributed by atoms with Gasteiger partial charge in [0.2, 0.25) is 0 Å². The van der Waals surface area contributed by atoms with E-state index in [0.29, 0.717) is 24.5 Å². The third kappa shape index (κ3) is 5.24. The van der Waals surface area contributed by atoms with Crippen molar-refractivity contribution in [2.24, 2.45) is 0 Å². The molecular weight excluding hydrogens is 499 g/mol. The minimum Gasteiger partial charge on any atom is -0.377 e. The molecule has 38 heavy (non-hydrogen) atoms. The second-order valence-electron chi connectivity index (χ2n) is 10.4. The zero-order chi connectivity index (χ0) is 27.4. The third-order valence-electron chi connectivity index (χ3n) is 7.02. The lowest BCUT2D eigenvalue weighted by atomic mass is 9.97. The number of aromatic amines is 1. The Morgan fingerprint density at radius 3 is 2.50 bits per heavy atom. The first-order valence-corrected chi connectivity index (χ1v) is 12.7. The number of morpholine rings is 1. The molecular formula is C27H30F3N5O3. The van der Waals surface area contributed by atoms with Gasteiger partial charge in [0, 0.05) is 19.1 Å². The van der Waals surface area contributed by atoms with E-state index < -0.39 is 23.3 Å². The normalized spacial score (nSPS) is 21.0. The van der Waals surface area contributed by atoms with Gasteiger partial charge in [-0.05, 0) is 75.8 Å². The van der Waals surface area contributed by atoms with Gasteiger partial charge in [0.25, 0.3) is 11.5 Å². The van der Waals surface area contributed by atoms with Crippen LogP contribution in [0, 0.1) is 6.92 Å². The van der Waals surface area contributed by atoms with Crippen molar-refractivity contribution < 1.29 is 22.7 Å². The van der Waals surface area contributed by atoms with E-state index in [4.69, 9.17) is 4.74 Å². The van der Waals surface area contributed by atoms with Crippen LogP contribution >= 0.6 is 0 Å². The van der Waals surface area contributed by atoms with Crippen LogP contribution in [0.2, 0.25) is 0 Å². The van der Waals surface area contributed by atoms with Gasteiger partial charge in [0.1, 0.15) is 11.5 Å². The fourth-order valence-corrected chi connectivity index (χ4v) is 5.18.